The summed E-state index contributed by atoms with van der Waals surface area (Å²) in [6.07, 6.45) is 0.471. The number of hydrogen-bond donors (Lipinski definition) is 0. The van der Waals surface area contributed by atoms with E-state index in [2.05, 4.69) is 20.4 Å². The Morgan fingerprint density at radius 2 is 1.40 bits per heavy atom. The molecule has 6 rings (SSSR count). The molecule has 0 spiro atoms. The van der Waals surface area contributed by atoms with Gasteiger partial charge in [-0.15, -0.1) is 15.3 Å². The lowest BCUT2D eigenvalue weighted by atomic mass is 9.97. The van der Waals surface area contributed by atoms with Crippen LogP contribution in [0.2, 0.25) is 5.15 Å². The van der Waals surface area contributed by atoms with Gasteiger partial charge < -0.3 is 14.0 Å². The Labute approximate surface area is 247 Å². The van der Waals surface area contributed by atoms with E-state index in [1.165, 1.54) is 0 Å². The van der Waals surface area contributed by atoms with Gasteiger partial charge in [0.05, 0.1) is 17.8 Å². The van der Waals surface area contributed by atoms with Crippen molar-refractivity contribution in [2.24, 2.45) is 0 Å². The monoisotopic (exact) mass is 575 g/mol. The van der Waals surface area contributed by atoms with Gasteiger partial charge in [0.2, 0.25) is 11.8 Å². The highest BCUT2D eigenvalue weighted by atomic mass is 35.5. The summed E-state index contributed by atoms with van der Waals surface area (Å²) in [5.74, 6) is 1.44. The topological polar surface area (TPSA) is 92.0 Å². The summed E-state index contributed by atoms with van der Waals surface area (Å²) in [5.41, 5.74) is 4.85. The van der Waals surface area contributed by atoms with E-state index >= 15 is 0 Å². The molecular weight excluding hydrogens is 550 g/mol. The SMILES string of the molecule is Cc1ccc(Oc2cc(Oc3ccc(Cl)nn3)cc3c2c(C)c(Cc2ccccc2)c(=O)n3Cc2ccccc2)nn1. The van der Waals surface area contributed by atoms with Crippen LogP contribution in [0.3, 0.4) is 0 Å². The molecule has 0 aliphatic heterocycles. The van der Waals surface area contributed by atoms with Crippen molar-refractivity contribution in [2.75, 3.05) is 0 Å². The van der Waals surface area contributed by atoms with Crippen LogP contribution < -0.4 is 15.0 Å². The zero-order valence-corrected chi connectivity index (χ0v) is 23.7. The predicted molar refractivity (Wildman–Crippen MR) is 162 cm³/mol. The highest BCUT2D eigenvalue weighted by Gasteiger charge is 2.21. The Balaban J connectivity index is 1.59. The van der Waals surface area contributed by atoms with Crippen molar-refractivity contribution in [1.29, 1.82) is 0 Å². The number of nitrogens with zero attached hydrogens (tertiary/aromatic N) is 5. The maximum absolute atomic E-state index is 14.2. The third-order valence-electron chi connectivity index (χ3n) is 6.90. The first-order valence-corrected chi connectivity index (χ1v) is 13.8. The summed E-state index contributed by atoms with van der Waals surface area (Å²) in [5, 5.41) is 17.3. The molecule has 0 radical (unpaired) electrons. The molecule has 42 heavy (non-hydrogen) atoms. The van der Waals surface area contributed by atoms with Gasteiger partial charge in [-0.3, -0.25) is 4.79 Å². The molecule has 9 heteroatoms. The molecule has 3 aromatic heterocycles. The Hall–Kier alpha value is -5.08. The maximum atomic E-state index is 14.2. The van der Waals surface area contributed by atoms with E-state index in [0.29, 0.717) is 41.4 Å². The first-order valence-electron chi connectivity index (χ1n) is 13.4. The molecule has 6 aromatic rings. The van der Waals surface area contributed by atoms with Crippen molar-refractivity contribution in [2.45, 2.75) is 26.8 Å². The van der Waals surface area contributed by atoms with Gasteiger partial charge in [0, 0.05) is 41.6 Å². The van der Waals surface area contributed by atoms with Crippen LogP contribution in [0.1, 0.15) is 27.9 Å². The summed E-state index contributed by atoms with van der Waals surface area (Å²) in [4.78, 5) is 14.2. The number of aryl methyl sites for hydroxylation is 2. The predicted octanol–water partition coefficient (Wildman–Crippen LogP) is 7.08. The van der Waals surface area contributed by atoms with Gasteiger partial charge in [-0.25, -0.2) is 0 Å². The number of benzene rings is 3. The number of hydrogen-bond acceptors (Lipinski definition) is 7. The molecule has 0 aliphatic rings. The second kappa shape index (κ2) is 11.8. The summed E-state index contributed by atoms with van der Waals surface area (Å²) in [6.45, 7) is 4.16. The molecular formula is C33H26ClN5O3. The average Bonchev–Trinajstić information content (AvgIpc) is 3.00. The number of aromatic nitrogens is 5. The molecule has 0 aliphatic carbocycles. The van der Waals surface area contributed by atoms with E-state index in [0.717, 1.165) is 27.8 Å². The van der Waals surface area contributed by atoms with Crippen molar-refractivity contribution in [1.82, 2.24) is 25.0 Å². The van der Waals surface area contributed by atoms with Crippen molar-refractivity contribution >= 4 is 22.5 Å². The van der Waals surface area contributed by atoms with E-state index < -0.39 is 0 Å². The van der Waals surface area contributed by atoms with Gasteiger partial charge in [0.1, 0.15) is 11.5 Å². The second-order valence-corrected chi connectivity index (χ2v) is 10.3. The van der Waals surface area contributed by atoms with E-state index in [-0.39, 0.29) is 16.6 Å². The van der Waals surface area contributed by atoms with E-state index in [4.69, 9.17) is 21.1 Å². The van der Waals surface area contributed by atoms with E-state index in [1.807, 2.05) is 86.6 Å². The fourth-order valence-electron chi connectivity index (χ4n) is 4.85. The molecule has 0 N–H and O–H groups in total. The van der Waals surface area contributed by atoms with Gasteiger partial charge in [-0.2, -0.15) is 5.10 Å². The van der Waals surface area contributed by atoms with E-state index in [9.17, 15) is 4.79 Å². The van der Waals surface area contributed by atoms with Crippen LogP contribution >= 0.6 is 11.6 Å². The van der Waals surface area contributed by atoms with E-state index in [1.54, 1.807) is 28.8 Å². The zero-order valence-electron chi connectivity index (χ0n) is 23.0. The fraction of sp³-hybridized carbons (Fsp3) is 0.121. The van der Waals surface area contributed by atoms with Crippen molar-refractivity contribution in [3.05, 3.63) is 141 Å². The third-order valence-corrected chi connectivity index (χ3v) is 7.10. The number of pyridine rings is 1. The Kier molecular flexibility index (Phi) is 7.62. The normalized spacial score (nSPS) is 11.0. The molecule has 0 atom stereocenters. The Morgan fingerprint density at radius 1 is 0.738 bits per heavy atom. The molecule has 3 aromatic carbocycles. The molecule has 208 valence electrons. The molecule has 0 bridgehead atoms. The number of fused-ring (bicyclic) bond motifs is 1. The largest absolute Gasteiger partial charge is 0.437 e. The van der Waals surface area contributed by atoms with Gasteiger partial charge in [-0.05, 0) is 42.7 Å². The van der Waals surface area contributed by atoms with Crippen LogP contribution in [-0.2, 0) is 13.0 Å². The van der Waals surface area contributed by atoms with Crippen LogP contribution in [-0.4, -0.2) is 25.0 Å². The molecule has 0 saturated heterocycles. The lowest BCUT2D eigenvalue weighted by Crippen LogP contribution is -2.26. The molecule has 0 amide bonds. The Morgan fingerprint density at radius 3 is 2.07 bits per heavy atom. The molecule has 8 nitrogen and oxygen atoms in total. The minimum Gasteiger partial charge on any atom is -0.437 e. The lowest BCUT2D eigenvalue weighted by Gasteiger charge is -2.20. The molecule has 0 unspecified atom stereocenters. The highest BCUT2D eigenvalue weighted by molar-refractivity contribution is 6.29. The minimum absolute atomic E-state index is 0.0859. The number of ether oxygens (including phenoxy) is 2. The van der Waals surface area contributed by atoms with Crippen LogP contribution in [0.5, 0.6) is 23.3 Å². The minimum atomic E-state index is -0.0859. The van der Waals surface area contributed by atoms with Crippen LogP contribution in [0.25, 0.3) is 10.9 Å². The van der Waals surface area contributed by atoms with Crippen LogP contribution in [0.15, 0.2) is 102 Å². The quantitative estimate of drug-likeness (QED) is 0.191. The first kappa shape index (κ1) is 27.1. The number of halogens is 1. The van der Waals surface area contributed by atoms with Crippen molar-refractivity contribution < 1.29 is 9.47 Å². The van der Waals surface area contributed by atoms with Gasteiger partial charge in [0.15, 0.2) is 5.15 Å². The third kappa shape index (κ3) is 5.84. The molecule has 3 heterocycles. The standard InChI is InChI=1S/C33H26ClN5O3/c1-21-13-15-31(37-35-21)42-28-19-25(41-30-16-14-29(34)36-38-30)18-27-32(28)22(2)26(17-23-9-5-3-6-10-23)33(40)39(27)20-24-11-7-4-8-12-24/h3-16,18-19H,17,20H2,1-2H3. The number of rotatable bonds is 8. The molecule has 0 fully saturated rings. The van der Waals surface area contributed by atoms with Crippen LogP contribution in [0, 0.1) is 13.8 Å². The lowest BCUT2D eigenvalue weighted by molar-refractivity contribution is 0.437. The molecule has 0 saturated carbocycles. The van der Waals surface area contributed by atoms with Crippen molar-refractivity contribution in [3.63, 3.8) is 0 Å². The van der Waals surface area contributed by atoms with Crippen molar-refractivity contribution in [3.8, 4) is 23.3 Å². The van der Waals surface area contributed by atoms with Gasteiger partial charge in [0.25, 0.3) is 5.56 Å². The fourth-order valence-corrected chi connectivity index (χ4v) is 4.95. The Bertz CT molecular complexity index is 1910. The smallest absolute Gasteiger partial charge is 0.255 e. The van der Waals surface area contributed by atoms with Gasteiger partial charge in [-0.1, -0.05) is 72.3 Å². The van der Waals surface area contributed by atoms with Crippen LogP contribution in [0.4, 0.5) is 0 Å². The summed E-state index contributed by atoms with van der Waals surface area (Å²) < 4.78 is 14.2. The average molecular weight is 576 g/mol. The first-order chi connectivity index (χ1) is 20.4. The zero-order chi connectivity index (χ0) is 29.1. The summed E-state index contributed by atoms with van der Waals surface area (Å²) >= 11 is 5.92. The highest BCUT2D eigenvalue weighted by Crippen LogP contribution is 2.38. The summed E-state index contributed by atoms with van der Waals surface area (Å²) in [7, 11) is 0. The maximum Gasteiger partial charge on any atom is 0.255 e. The second-order valence-electron chi connectivity index (χ2n) is 9.87. The summed E-state index contributed by atoms with van der Waals surface area (Å²) in [6, 6.07) is 30.2. The van der Waals surface area contributed by atoms with Gasteiger partial charge >= 0.3 is 0 Å².